The third-order valence-electron chi connectivity index (χ3n) is 1.78. The van der Waals surface area contributed by atoms with Crippen LogP contribution in [0.1, 0.15) is 12.8 Å². The molecule has 1 rings (SSSR count). The summed E-state index contributed by atoms with van der Waals surface area (Å²) in [7, 11) is 4.60. The SMILES string of the molecule is C[N+]1(C)CCCC1.[IH2+]. The molecule has 1 heterocycles. The van der Waals surface area contributed by atoms with Crippen molar-refractivity contribution in [3.8, 4) is 0 Å². The van der Waals surface area contributed by atoms with Gasteiger partial charge < -0.3 is 4.48 Å². The van der Waals surface area contributed by atoms with Gasteiger partial charge in [0.2, 0.25) is 24.0 Å². The van der Waals surface area contributed by atoms with E-state index in [9.17, 15) is 0 Å². The number of rotatable bonds is 0. The molecule has 0 atom stereocenters. The van der Waals surface area contributed by atoms with Crippen molar-refractivity contribution in [2.75, 3.05) is 27.2 Å². The Hall–Kier alpha value is 0.690. The van der Waals surface area contributed by atoms with Crippen LogP contribution in [-0.2, 0) is 0 Å². The Morgan fingerprint density at radius 3 is 1.50 bits per heavy atom. The molecule has 0 saturated carbocycles. The normalized spacial score (nSPS) is 24.8. The molecule has 1 aliphatic heterocycles. The zero-order valence-corrected chi connectivity index (χ0v) is 8.28. The Morgan fingerprint density at radius 1 is 1.00 bits per heavy atom. The first kappa shape index (κ1) is 8.69. The number of halogens is 1. The molecule has 0 N–H and O–H groups in total. The molecule has 0 unspecified atom stereocenters. The Bertz CT molecular complexity index is 62.9. The minimum absolute atomic E-state index is 0. The number of nitrogens with zero attached hydrogens (tertiary/aromatic N) is 1. The highest BCUT2D eigenvalue weighted by Crippen LogP contribution is 2.11. The van der Waals surface area contributed by atoms with E-state index in [0.717, 1.165) is 0 Å². The molecular weight excluding hydrogens is 213 g/mol. The van der Waals surface area contributed by atoms with Crippen LogP contribution in [0.5, 0.6) is 0 Å². The summed E-state index contributed by atoms with van der Waals surface area (Å²) in [6.07, 6.45) is 2.88. The lowest BCUT2D eigenvalue weighted by molar-refractivity contribution is -0.877. The van der Waals surface area contributed by atoms with Gasteiger partial charge in [0.15, 0.2) is 0 Å². The van der Waals surface area contributed by atoms with Crippen molar-refractivity contribution < 1.29 is 28.5 Å². The lowest BCUT2D eigenvalue weighted by Gasteiger charge is -2.21. The van der Waals surface area contributed by atoms with Crippen LogP contribution in [0, 0.1) is 0 Å². The molecule has 1 aliphatic rings. The van der Waals surface area contributed by atoms with Gasteiger partial charge in [-0.3, -0.25) is 0 Å². The van der Waals surface area contributed by atoms with E-state index in [1.807, 2.05) is 0 Å². The third kappa shape index (κ3) is 2.31. The zero-order chi connectivity index (χ0) is 5.33. The molecule has 0 spiro atoms. The van der Waals surface area contributed by atoms with Crippen LogP contribution in [0.2, 0.25) is 0 Å². The first-order valence-electron chi connectivity index (χ1n) is 3.03. The molecule has 50 valence electrons. The molecule has 1 saturated heterocycles. The highest BCUT2D eigenvalue weighted by Gasteiger charge is 2.19. The Kier molecular flexibility index (Phi) is 3.27. The summed E-state index contributed by atoms with van der Waals surface area (Å²) in [6.45, 7) is 2.78. The maximum absolute atomic E-state index is 2.30. The van der Waals surface area contributed by atoms with Crippen molar-refractivity contribution >= 4 is 0 Å². The smallest absolute Gasteiger partial charge is 0.235 e. The van der Waals surface area contributed by atoms with Gasteiger partial charge in [-0.15, -0.1) is 0 Å². The van der Waals surface area contributed by atoms with Crippen molar-refractivity contribution in [1.82, 2.24) is 0 Å². The van der Waals surface area contributed by atoms with E-state index in [-0.39, 0.29) is 24.0 Å². The van der Waals surface area contributed by atoms with Gasteiger partial charge in [0, 0.05) is 12.8 Å². The van der Waals surface area contributed by atoms with Crippen LogP contribution in [0.4, 0.5) is 0 Å². The van der Waals surface area contributed by atoms with Gasteiger partial charge in [-0.25, -0.2) is 0 Å². The van der Waals surface area contributed by atoms with Crippen molar-refractivity contribution in [2.24, 2.45) is 0 Å². The Balaban J connectivity index is 0.000000490. The third-order valence-corrected chi connectivity index (χ3v) is 1.78. The number of hydrogen-bond donors (Lipinski definition) is 0. The molecule has 0 aromatic heterocycles. The fraction of sp³-hybridized carbons (Fsp3) is 1.00. The minimum Gasteiger partial charge on any atom is -0.328 e. The van der Waals surface area contributed by atoms with E-state index in [1.54, 1.807) is 0 Å². The lowest BCUT2D eigenvalue weighted by Crippen LogP contribution is -3.00. The molecule has 1 fully saturated rings. The molecule has 1 nitrogen and oxygen atoms in total. The lowest BCUT2D eigenvalue weighted by atomic mass is 10.4. The van der Waals surface area contributed by atoms with Gasteiger partial charge in [0.05, 0.1) is 27.2 Å². The largest absolute Gasteiger partial charge is 0.328 e. The van der Waals surface area contributed by atoms with Crippen molar-refractivity contribution in [2.45, 2.75) is 12.8 Å². The Morgan fingerprint density at radius 2 is 1.38 bits per heavy atom. The molecule has 2 heteroatoms. The van der Waals surface area contributed by atoms with Crippen LogP contribution in [0.15, 0.2) is 0 Å². The fourth-order valence-corrected chi connectivity index (χ4v) is 1.19. The minimum atomic E-state index is 0. The quantitative estimate of drug-likeness (QED) is 0.314. The van der Waals surface area contributed by atoms with Crippen LogP contribution < -0.4 is 24.0 Å². The van der Waals surface area contributed by atoms with E-state index in [0.29, 0.717) is 0 Å². The molecule has 8 heavy (non-hydrogen) atoms. The van der Waals surface area contributed by atoms with Crippen molar-refractivity contribution in [3.63, 3.8) is 0 Å². The summed E-state index contributed by atoms with van der Waals surface area (Å²) in [5.74, 6) is 0. The fourth-order valence-electron chi connectivity index (χ4n) is 1.19. The van der Waals surface area contributed by atoms with Gasteiger partial charge in [0.1, 0.15) is 0 Å². The second kappa shape index (κ2) is 3.01. The predicted octanol–water partition coefficient (Wildman–Crippen LogP) is -2.67. The van der Waals surface area contributed by atoms with Gasteiger partial charge in [-0.1, -0.05) is 0 Å². The molecule has 0 radical (unpaired) electrons. The van der Waals surface area contributed by atoms with E-state index < -0.39 is 0 Å². The standard InChI is InChI=1S/C6H14N.H2I/c1-7(2)5-3-4-6-7;/h3-6H2,1-2H3;1H2/q2*+1. The molecular formula is C6H16IN+2. The van der Waals surface area contributed by atoms with Crippen LogP contribution in [0.3, 0.4) is 0 Å². The van der Waals surface area contributed by atoms with E-state index in [4.69, 9.17) is 0 Å². The highest BCUT2D eigenvalue weighted by molar-refractivity contribution is 4.46. The van der Waals surface area contributed by atoms with Gasteiger partial charge in [-0.05, 0) is 0 Å². The topological polar surface area (TPSA) is 0 Å². The summed E-state index contributed by atoms with van der Waals surface area (Å²) in [4.78, 5) is 0. The summed E-state index contributed by atoms with van der Waals surface area (Å²) in [5.41, 5.74) is 0. The maximum atomic E-state index is 2.30. The zero-order valence-electron chi connectivity index (χ0n) is 5.72. The van der Waals surface area contributed by atoms with E-state index >= 15 is 0 Å². The molecule has 0 amide bonds. The van der Waals surface area contributed by atoms with Gasteiger partial charge in [0.25, 0.3) is 0 Å². The number of hydrogen-bond acceptors (Lipinski definition) is 0. The molecule has 0 aromatic carbocycles. The van der Waals surface area contributed by atoms with Gasteiger partial charge in [-0.2, -0.15) is 0 Å². The predicted molar refractivity (Wildman–Crippen MR) is 33.9 cm³/mol. The Labute approximate surface area is 68.7 Å². The highest BCUT2D eigenvalue weighted by atomic mass is 127. The molecule has 0 aliphatic carbocycles. The van der Waals surface area contributed by atoms with Crippen LogP contribution in [-0.4, -0.2) is 31.7 Å². The number of likely N-dealkylation sites (tertiary alicyclic amines) is 1. The summed E-state index contributed by atoms with van der Waals surface area (Å²) >= 11 is 0. The summed E-state index contributed by atoms with van der Waals surface area (Å²) in [6, 6.07) is 0. The van der Waals surface area contributed by atoms with Crippen molar-refractivity contribution in [1.29, 1.82) is 0 Å². The maximum Gasteiger partial charge on any atom is 0.235 e. The first-order chi connectivity index (χ1) is 3.21. The first-order valence-corrected chi connectivity index (χ1v) is 3.03. The number of quaternary nitrogens is 1. The second-order valence-corrected chi connectivity index (χ2v) is 3.09. The molecule has 0 aromatic rings. The molecule has 0 bridgehead atoms. The average Bonchev–Trinajstić information content (AvgIpc) is 1.84. The van der Waals surface area contributed by atoms with Gasteiger partial charge >= 0.3 is 0 Å². The van der Waals surface area contributed by atoms with E-state index in [2.05, 4.69) is 14.1 Å². The van der Waals surface area contributed by atoms with Crippen LogP contribution >= 0.6 is 0 Å². The van der Waals surface area contributed by atoms with Crippen LogP contribution in [0.25, 0.3) is 0 Å². The summed E-state index contributed by atoms with van der Waals surface area (Å²) in [5, 5.41) is 0. The van der Waals surface area contributed by atoms with Crippen molar-refractivity contribution in [3.05, 3.63) is 0 Å². The average molecular weight is 229 g/mol. The second-order valence-electron chi connectivity index (χ2n) is 3.09. The monoisotopic (exact) mass is 229 g/mol. The summed E-state index contributed by atoms with van der Waals surface area (Å²) < 4.78 is 1.25. The van der Waals surface area contributed by atoms with E-state index in [1.165, 1.54) is 30.4 Å².